The van der Waals surface area contributed by atoms with Crippen LogP contribution in [-0.2, 0) is 4.79 Å². The van der Waals surface area contributed by atoms with E-state index in [-0.39, 0.29) is 16.7 Å². The zero-order chi connectivity index (χ0) is 22.9. The van der Waals surface area contributed by atoms with E-state index in [4.69, 9.17) is 4.98 Å². The van der Waals surface area contributed by atoms with Crippen molar-refractivity contribution in [2.24, 2.45) is 0 Å². The highest BCUT2D eigenvalue weighted by molar-refractivity contribution is 8.00. The number of halogens is 1. The third kappa shape index (κ3) is 5.97. The van der Waals surface area contributed by atoms with Crippen molar-refractivity contribution in [1.29, 1.82) is 0 Å². The highest BCUT2D eigenvalue weighted by Crippen LogP contribution is 2.28. The van der Waals surface area contributed by atoms with Crippen molar-refractivity contribution < 1.29 is 9.18 Å². The molecule has 1 N–H and O–H groups in total. The molecule has 0 aliphatic carbocycles. The Labute approximate surface area is 192 Å². The van der Waals surface area contributed by atoms with E-state index in [9.17, 15) is 14.0 Å². The molecule has 0 saturated heterocycles. The third-order valence-electron chi connectivity index (χ3n) is 5.23. The van der Waals surface area contributed by atoms with Crippen LogP contribution < -0.4 is 10.9 Å². The molecule has 170 valence electrons. The summed E-state index contributed by atoms with van der Waals surface area (Å²) < 4.78 is 15.4. The first-order chi connectivity index (χ1) is 15.5. The topological polar surface area (TPSA) is 64.0 Å². The SMILES string of the molecule is CCCCCCNC(=O)C(CCC)Sc1nc2ccccc2c(=O)n1-c1cccc(F)c1. The van der Waals surface area contributed by atoms with E-state index < -0.39 is 5.82 Å². The standard InChI is InChI=1S/C25H30FN3O2S/c1-3-5-6-9-16-27-23(30)22(11-4-2)32-25-28-21-15-8-7-14-20(21)24(31)29(25)19-13-10-12-18(26)17-19/h7-8,10,12-15,17,22H,3-6,9,11,16H2,1-2H3,(H,27,30). The molecule has 0 spiro atoms. The van der Waals surface area contributed by atoms with Crippen LogP contribution in [0.2, 0.25) is 0 Å². The Morgan fingerprint density at radius 3 is 2.66 bits per heavy atom. The molecule has 1 unspecified atom stereocenters. The largest absolute Gasteiger partial charge is 0.355 e. The van der Waals surface area contributed by atoms with Crippen LogP contribution in [0.1, 0.15) is 52.4 Å². The van der Waals surface area contributed by atoms with E-state index in [0.717, 1.165) is 32.1 Å². The molecule has 3 aromatic rings. The second-order valence-corrected chi connectivity index (χ2v) is 8.95. The van der Waals surface area contributed by atoms with Crippen molar-refractivity contribution in [3.05, 3.63) is 64.7 Å². The smallest absolute Gasteiger partial charge is 0.266 e. The predicted molar refractivity (Wildman–Crippen MR) is 129 cm³/mol. The first-order valence-corrected chi connectivity index (χ1v) is 12.1. The van der Waals surface area contributed by atoms with Crippen LogP contribution in [0.3, 0.4) is 0 Å². The fourth-order valence-electron chi connectivity index (χ4n) is 3.54. The second-order valence-electron chi connectivity index (χ2n) is 7.78. The lowest BCUT2D eigenvalue weighted by Gasteiger charge is -2.19. The molecule has 1 heterocycles. The van der Waals surface area contributed by atoms with E-state index in [1.165, 1.54) is 28.5 Å². The molecular weight excluding hydrogens is 425 g/mol. The van der Waals surface area contributed by atoms with Gasteiger partial charge in [0.15, 0.2) is 5.16 Å². The number of carbonyl (C=O) groups excluding carboxylic acids is 1. The van der Waals surface area contributed by atoms with Crippen molar-refractivity contribution in [1.82, 2.24) is 14.9 Å². The zero-order valence-electron chi connectivity index (χ0n) is 18.6. The molecular formula is C25H30FN3O2S. The maximum absolute atomic E-state index is 14.0. The summed E-state index contributed by atoms with van der Waals surface area (Å²) in [5.74, 6) is -0.491. The molecule has 1 aromatic heterocycles. The van der Waals surface area contributed by atoms with Gasteiger partial charge in [-0.15, -0.1) is 0 Å². The number of thioether (sulfide) groups is 1. The Bertz CT molecular complexity index is 1120. The average molecular weight is 456 g/mol. The third-order valence-corrected chi connectivity index (χ3v) is 6.45. The molecule has 7 heteroatoms. The fourth-order valence-corrected chi connectivity index (χ4v) is 4.79. The van der Waals surface area contributed by atoms with Crippen molar-refractivity contribution >= 4 is 28.6 Å². The van der Waals surface area contributed by atoms with E-state index in [1.807, 2.05) is 13.0 Å². The van der Waals surface area contributed by atoms with Crippen LogP contribution in [0.4, 0.5) is 4.39 Å². The number of rotatable bonds is 11. The summed E-state index contributed by atoms with van der Waals surface area (Å²) in [5, 5.41) is 3.48. The van der Waals surface area contributed by atoms with Gasteiger partial charge in [-0.1, -0.05) is 69.5 Å². The first-order valence-electron chi connectivity index (χ1n) is 11.3. The normalized spacial score (nSPS) is 12.1. The van der Waals surface area contributed by atoms with Crippen molar-refractivity contribution in [2.45, 2.75) is 62.8 Å². The van der Waals surface area contributed by atoms with Gasteiger partial charge in [-0.2, -0.15) is 0 Å². The summed E-state index contributed by atoms with van der Waals surface area (Å²) in [5.41, 5.74) is 0.674. The minimum atomic E-state index is -0.437. The molecule has 3 rings (SSSR count). The van der Waals surface area contributed by atoms with E-state index >= 15 is 0 Å². The number of hydrogen-bond acceptors (Lipinski definition) is 4. The van der Waals surface area contributed by atoms with Crippen LogP contribution in [0.15, 0.2) is 58.5 Å². The second kappa shape index (κ2) is 11.8. The van der Waals surface area contributed by atoms with Gasteiger partial charge in [0.25, 0.3) is 5.56 Å². The number of nitrogens with zero attached hydrogens (tertiary/aromatic N) is 2. The zero-order valence-corrected chi connectivity index (χ0v) is 19.5. The highest BCUT2D eigenvalue weighted by Gasteiger charge is 2.23. The maximum Gasteiger partial charge on any atom is 0.266 e. The quantitative estimate of drug-likeness (QED) is 0.236. The average Bonchev–Trinajstić information content (AvgIpc) is 2.78. The lowest BCUT2D eigenvalue weighted by Crippen LogP contribution is -2.34. The number of carbonyl (C=O) groups is 1. The predicted octanol–water partition coefficient (Wildman–Crippen LogP) is 5.48. The number of hydrogen-bond donors (Lipinski definition) is 1. The van der Waals surface area contributed by atoms with Crippen LogP contribution in [0, 0.1) is 5.82 Å². The monoisotopic (exact) mass is 455 g/mol. The van der Waals surface area contributed by atoms with Crippen molar-refractivity contribution in [2.75, 3.05) is 6.54 Å². The van der Waals surface area contributed by atoms with Gasteiger partial charge in [-0.3, -0.25) is 14.2 Å². The van der Waals surface area contributed by atoms with Crippen molar-refractivity contribution in [3.8, 4) is 5.69 Å². The van der Waals surface area contributed by atoms with Gasteiger partial charge in [-0.25, -0.2) is 9.37 Å². The molecule has 2 aromatic carbocycles. The van der Waals surface area contributed by atoms with Gasteiger partial charge >= 0.3 is 0 Å². The molecule has 0 saturated carbocycles. The van der Waals surface area contributed by atoms with Gasteiger partial charge in [0.05, 0.1) is 21.8 Å². The number of benzene rings is 2. The van der Waals surface area contributed by atoms with Crippen LogP contribution in [-0.4, -0.2) is 27.3 Å². The maximum atomic E-state index is 14.0. The van der Waals surface area contributed by atoms with E-state index in [2.05, 4.69) is 12.2 Å². The van der Waals surface area contributed by atoms with Crippen LogP contribution in [0.25, 0.3) is 16.6 Å². The molecule has 0 fully saturated rings. The van der Waals surface area contributed by atoms with Gasteiger partial charge in [0, 0.05) is 6.54 Å². The van der Waals surface area contributed by atoms with Gasteiger partial charge < -0.3 is 5.32 Å². The van der Waals surface area contributed by atoms with Crippen LogP contribution in [0.5, 0.6) is 0 Å². The molecule has 1 atom stereocenters. The van der Waals surface area contributed by atoms with E-state index in [0.29, 0.717) is 34.7 Å². The van der Waals surface area contributed by atoms with Gasteiger partial charge in [0.1, 0.15) is 5.82 Å². The summed E-state index contributed by atoms with van der Waals surface area (Å²) in [4.78, 5) is 30.9. The lowest BCUT2D eigenvalue weighted by molar-refractivity contribution is -0.120. The van der Waals surface area contributed by atoms with Gasteiger partial charge in [-0.05, 0) is 43.2 Å². The number of unbranched alkanes of at least 4 members (excludes halogenated alkanes) is 3. The number of fused-ring (bicyclic) bond motifs is 1. The molecule has 0 aliphatic heterocycles. The number of nitrogens with one attached hydrogen (secondary N) is 1. The number of amides is 1. The fraction of sp³-hybridized carbons (Fsp3) is 0.400. The molecule has 0 radical (unpaired) electrons. The van der Waals surface area contributed by atoms with E-state index in [1.54, 1.807) is 30.3 Å². The summed E-state index contributed by atoms with van der Waals surface area (Å²) in [6, 6.07) is 13.0. The minimum absolute atomic E-state index is 0.0541. The minimum Gasteiger partial charge on any atom is -0.355 e. The summed E-state index contributed by atoms with van der Waals surface area (Å²) in [7, 11) is 0. The molecule has 5 nitrogen and oxygen atoms in total. The Balaban J connectivity index is 1.95. The first kappa shape index (κ1) is 24.0. The highest BCUT2D eigenvalue weighted by atomic mass is 32.2. The number of aromatic nitrogens is 2. The molecule has 0 bridgehead atoms. The summed E-state index contributed by atoms with van der Waals surface area (Å²) >= 11 is 1.26. The Hall–Kier alpha value is -2.67. The Kier molecular flexibility index (Phi) is 8.85. The molecule has 0 aliphatic rings. The summed E-state index contributed by atoms with van der Waals surface area (Å²) in [6.45, 7) is 4.82. The Morgan fingerprint density at radius 1 is 1.09 bits per heavy atom. The Morgan fingerprint density at radius 2 is 1.91 bits per heavy atom. The lowest BCUT2D eigenvalue weighted by atomic mass is 10.2. The number of para-hydroxylation sites is 1. The van der Waals surface area contributed by atoms with Crippen LogP contribution >= 0.6 is 11.8 Å². The van der Waals surface area contributed by atoms with Crippen molar-refractivity contribution in [3.63, 3.8) is 0 Å². The molecule has 32 heavy (non-hydrogen) atoms. The van der Waals surface area contributed by atoms with Gasteiger partial charge in [0.2, 0.25) is 5.91 Å². The summed E-state index contributed by atoms with van der Waals surface area (Å²) in [6.07, 6.45) is 5.81. The molecule has 1 amide bonds.